The van der Waals surface area contributed by atoms with Crippen LogP contribution < -0.4 is 0 Å². The van der Waals surface area contributed by atoms with Crippen LogP contribution in [0.5, 0.6) is 0 Å². The van der Waals surface area contributed by atoms with Gasteiger partial charge in [-0.25, -0.2) is 8.42 Å². The van der Waals surface area contributed by atoms with Crippen LogP contribution in [0.1, 0.15) is 58.4 Å². The molecule has 1 aromatic carbocycles. The van der Waals surface area contributed by atoms with Crippen LogP contribution in [0.25, 0.3) is 0 Å². The molecule has 0 aliphatic rings. The number of halogens is 1. The second kappa shape index (κ2) is 8.19. The van der Waals surface area contributed by atoms with E-state index in [2.05, 4.69) is 12.1 Å². The van der Waals surface area contributed by atoms with Crippen LogP contribution in [0.15, 0.2) is 24.3 Å². The Labute approximate surface area is 134 Å². The van der Waals surface area contributed by atoms with Gasteiger partial charge in [0.05, 0.1) is 10.5 Å². The third-order valence-electron chi connectivity index (χ3n) is 3.72. The molecule has 0 heterocycles. The van der Waals surface area contributed by atoms with Crippen LogP contribution in [0.3, 0.4) is 0 Å². The van der Waals surface area contributed by atoms with E-state index in [0.717, 1.165) is 43.5 Å². The first kappa shape index (κ1) is 18.5. The van der Waals surface area contributed by atoms with Gasteiger partial charge < -0.3 is 0 Å². The predicted molar refractivity (Wildman–Crippen MR) is 91.8 cm³/mol. The maximum absolute atomic E-state index is 11.9. The van der Waals surface area contributed by atoms with Crippen LogP contribution in [-0.2, 0) is 16.3 Å². The van der Waals surface area contributed by atoms with E-state index < -0.39 is 14.6 Å². The van der Waals surface area contributed by atoms with E-state index in [0.29, 0.717) is 5.75 Å². The van der Waals surface area contributed by atoms with E-state index in [1.807, 2.05) is 12.1 Å². The number of hydrogen-bond donors (Lipinski definition) is 0. The SMILES string of the molecule is CC(C)(C)S(=O)(=O)CCCCCCCc1ccc(Cl)cc1. The fourth-order valence-corrected chi connectivity index (χ4v) is 3.43. The lowest BCUT2D eigenvalue weighted by atomic mass is 10.1. The van der Waals surface area contributed by atoms with Gasteiger partial charge in [-0.1, -0.05) is 43.0 Å². The zero-order valence-electron chi connectivity index (χ0n) is 13.4. The van der Waals surface area contributed by atoms with Gasteiger partial charge in [0, 0.05) is 5.02 Å². The van der Waals surface area contributed by atoms with E-state index in [1.165, 1.54) is 5.56 Å². The Balaban J connectivity index is 2.12. The zero-order chi connectivity index (χ0) is 15.9. The minimum absolute atomic E-state index is 0.313. The highest BCUT2D eigenvalue weighted by Crippen LogP contribution is 2.18. The summed E-state index contributed by atoms with van der Waals surface area (Å²) in [7, 11) is -2.95. The van der Waals surface area contributed by atoms with Gasteiger partial charge >= 0.3 is 0 Å². The quantitative estimate of drug-likeness (QED) is 0.625. The van der Waals surface area contributed by atoms with Crippen molar-refractivity contribution < 1.29 is 8.42 Å². The van der Waals surface area contributed by atoms with Crippen molar-refractivity contribution in [3.63, 3.8) is 0 Å². The molecule has 0 aromatic heterocycles. The van der Waals surface area contributed by atoms with Gasteiger partial charge in [-0.15, -0.1) is 0 Å². The van der Waals surface area contributed by atoms with Crippen molar-refractivity contribution in [3.8, 4) is 0 Å². The van der Waals surface area contributed by atoms with Gasteiger partial charge in [-0.3, -0.25) is 0 Å². The highest BCUT2D eigenvalue weighted by atomic mass is 35.5. The Kier molecular flexibility index (Phi) is 7.22. The van der Waals surface area contributed by atoms with Gasteiger partial charge in [0.1, 0.15) is 0 Å². The van der Waals surface area contributed by atoms with Gasteiger partial charge in [-0.2, -0.15) is 0 Å². The number of benzene rings is 1. The summed E-state index contributed by atoms with van der Waals surface area (Å²) in [6.45, 7) is 5.32. The molecule has 4 heteroatoms. The molecule has 0 saturated carbocycles. The second-order valence-corrected chi connectivity index (χ2v) is 9.87. The van der Waals surface area contributed by atoms with Crippen LogP contribution in [-0.4, -0.2) is 18.9 Å². The molecule has 0 fully saturated rings. The summed E-state index contributed by atoms with van der Waals surface area (Å²) in [6, 6.07) is 7.99. The number of sulfone groups is 1. The Morgan fingerprint density at radius 1 is 0.905 bits per heavy atom. The lowest BCUT2D eigenvalue weighted by Gasteiger charge is -2.18. The minimum Gasteiger partial charge on any atom is -0.228 e. The van der Waals surface area contributed by atoms with Crippen LogP contribution in [0.4, 0.5) is 0 Å². The molecule has 2 nitrogen and oxygen atoms in total. The third-order valence-corrected chi connectivity index (χ3v) is 6.67. The molecule has 120 valence electrons. The molecule has 0 saturated heterocycles. The maximum Gasteiger partial charge on any atom is 0.155 e. The Bertz CT molecular complexity index is 513. The Morgan fingerprint density at radius 2 is 1.43 bits per heavy atom. The highest BCUT2D eigenvalue weighted by molar-refractivity contribution is 7.92. The van der Waals surface area contributed by atoms with Gasteiger partial charge in [0.2, 0.25) is 0 Å². The molecular weight excluding hydrogens is 304 g/mol. The first-order valence-corrected chi connectivity index (χ1v) is 9.72. The van der Waals surface area contributed by atoms with Crippen molar-refractivity contribution in [1.82, 2.24) is 0 Å². The molecule has 0 atom stereocenters. The molecular formula is C17H27ClO2S. The fraction of sp³-hybridized carbons (Fsp3) is 0.647. The number of rotatable bonds is 8. The monoisotopic (exact) mass is 330 g/mol. The molecule has 0 radical (unpaired) electrons. The average Bonchev–Trinajstić information content (AvgIpc) is 2.38. The highest BCUT2D eigenvalue weighted by Gasteiger charge is 2.27. The summed E-state index contributed by atoms with van der Waals surface area (Å²) in [5.74, 6) is 0.313. The molecule has 1 rings (SSSR count). The average molecular weight is 331 g/mol. The Hall–Kier alpha value is -0.540. The van der Waals surface area contributed by atoms with E-state index in [4.69, 9.17) is 11.6 Å². The standard InChI is InChI=1S/C17H27ClO2S/c1-17(2,3)21(19,20)14-8-6-4-5-7-9-15-10-12-16(18)13-11-15/h10-13H,4-9,14H2,1-3H3. The summed E-state index contributed by atoms with van der Waals surface area (Å²) in [5, 5.41) is 0.777. The molecule has 0 unspecified atom stereocenters. The smallest absolute Gasteiger partial charge is 0.155 e. The number of aryl methyl sites for hydroxylation is 1. The first-order chi connectivity index (χ1) is 9.72. The lowest BCUT2D eigenvalue weighted by Crippen LogP contribution is -2.30. The van der Waals surface area contributed by atoms with Crippen molar-refractivity contribution in [1.29, 1.82) is 0 Å². The van der Waals surface area contributed by atoms with Crippen molar-refractivity contribution in [2.45, 2.75) is 64.0 Å². The van der Waals surface area contributed by atoms with Crippen LogP contribution in [0, 0.1) is 0 Å². The van der Waals surface area contributed by atoms with E-state index in [1.54, 1.807) is 20.8 Å². The number of hydrogen-bond acceptors (Lipinski definition) is 2. The summed E-state index contributed by atoms with van der Waals surface area (Å²) in [4.78, 5) is 0. The topological polar surface area (TPSA) is 34.1 Å². The maximum atomic E-state index is 11.9. The summed E-state index contributed by atoms with van der Waals surface area (Å²) < 4.78 is 23.3. The third kappa shape index (κ3) is 6.84. The molecule has 0 amide bonds. The normalized spacial score (nSPS) is 12.6. The van der Waals surface area contributed by atoms with Crippen molar-refractivity contribution in [3.05, 3.63) is 34.9 Å². The molecule has 21 heavy (non-hydrogen) atoms. The van der Waals surface area contributed by atoms with Gasteiger partial charge in [0.15, 0.2) is 9.84 Å². The Morgan fingerprint density at radius 3 is 2.00 bits per heavy atom. The fourth-order valence-electron chi connectivity index (χ4n) is 2.11. The molecule has 0 aliphatic carbocycles. The van der Waals surface area contributed by atoms with Crippen LogP contribution in [0.2, 0.25) is 5.02 Å². The number of unbranched alkanes of at least 4 members (excludes halogenated alkanes) is 4. The zero-order valence-corrected chi connectivity index (χ0v) is 14.9. The minimum atomic E-state index is -2.95. The molecule has 0 aliphatic heterocycles. The molecule has 1 aromatic rings. The van der Waals surface area contributed by atoms with Crippen LogP contribution >= 0.6 is 11.6 Å². The lowest BCUT2D eigenvalue weighted by molar-refractivity contribution is 0.552. The molecule has 0 bridgehead atoms. The van der Waals surface area contributed by atoms with E-state index in [9.17, 15) is 8.42 Å². The first-order valence-electron chi connectivity index (χ1n) is 7.69. The van der Waals surface area contributed by atoms with Crippen molar-refractivity contribution in [2.75, 3.05) is 5.75 Å². The van der Waals surface area contributed by atoms with E-state index >= 15 is 0 Å². The van der Waals surface area contributed by atoms with Crippen molar-refractivity contribution in [2.24, 2.45) is 0 Å². The van der Waals surface area contributed by atoms with Crippen molar-refractivity contribution >= 4 is 21.4 Å². The van der Waals surface area contributed by atoms with Gasteiger partial charge in [0.25, 0.3) is 0 Å². The summed E-state index contributed by atoms with van der Waals surface area (Å²) in [6.07, 6.45) is 6.24. The van der Waals surface area contributed by atoms with E-state index in [-0.39, 0.29) is 0 Å². The molecule has 0 N–H and O–H groups in total. The molecule has 0 spiro atoms. The summed E-state index contributed by atoms with van der Waals surface area (Å²) >= 11 is 5.85. The summed E-state index contributed by atoms with van der Waals surface area (Å²) in [5.41, 5.74) is 1.31. The van der Waals surface area contributed by atoms with Gasteiger partial charge in [-0.05, 0) is 57.7 Å². The predicted octanol–water partition coefficient (Wildman–Crippen LogP) is 5.05. The second-order valence-electron chi connectivity index (χ2n) is 6.58. The largest absolute Gasteiger partial charge is 0.228 e.